The summed E-state index contributed by atoms with van der Waals surface area (Å²) in [6.45, 7) is 2.26. The second kappa shape index (κ2) is 7.28. The lowest BCUT2D eigenvalue weighted by molar-refractivity contribution is 0.167. The van der Waals surface area contributed by atoms with Gasteiger partial charge < -0.3 is 14.2 Å². The molecule has 0 N–H and O–H groups in total. The summed E-state index contributed by atoms with van der Waals surface area (Å²) < 4.78 is 16.4. The highest BCUT2D eigenvalue weighted by Gasteiger charge is 2.16. The fourth-order valence-corrected chi connectivity index (χ4v) is 1.98. The van der Waals surface area contributed by atoms with Crippen molar-refractivity contribution in [2.24, 2.45) is 5.92 Å². The van der Waals surface area contributed by atoms with E-state index < -0.39 is 0 Å². The van der Waals surface area contributed by atoms with Gasteiger partial charge in [-0.3, -0.25) is 0 Å². The van der Waals surface area contributed by atoms with Gasteiger partial charge in [-0.05, 0) is 24.6 Å². The van der Waals surface area contributed by atoms with Gasteiger partial charge in [-0.1, -0.05) is 11.8 Å². The second-order valence-electron chi connectivity index (χ2n) is 4.34. The number of methoxy groups -OCH3 is 1. The van der Waals surface area contributed by atoms with E-state index in [0.717, 1.165) is 36.7 Å². The predicted molar refractivity (Wildman–Crippen MR) is 75.0 cm³/mol. The van der Waals surface area contributed by atoms with Gasteiger partial charge in [-0.25, -0.2) is 0 Å². The lowest BCUT2D eigenvalue weighted by Crippen LogP contribution is -2.12. The van der Waals surface area contributed by atoms with Crippen molar-refractivity contribution in [1.29, 1.82) is 0 Å². The van der Waals surface area contributed by atoms with Crippen LogP contribution in [0.3, 0.4) is 0 Å². The van der Waals surface area contributed by atoms with E-state index in [-0.39, 0.29) is 0 Å². The molecule has 0 bridgehead atoms. The van der Waals surface area contributed by atoms with Crippen molar-refractivity contribution >= 4 is 11.6 Å². The van der Waals surface area contributed by atoms with Crippen LogP contribution < -0.4 is 9.47 Å². The maximum Gasteiger partial charge on any atom is 0.135 e. The molecule has 1 aromatic rings. The molecule has 0 aromatic heterocycles. The van der Waals surface area contributed by atoms with Crippen LogP contribution in [0.1, 0.15) is 12.0 Å². The van der Waals surface area contributed by atoms with Crippen LogP contribution in [0.2, 0.25) is 0 Å². The number of hydrogen-bond acceptors (Lipinski definition) is 3. The zero-order chi connectivity index (χ0) is 13.5. The second-order valence-corrected chi connectivity index (χ2v) is 4.61. The van der Waals surface area contributed by atoms with Crippen molar-refractivity contribution in [3.8, 4) is 23.3 Å². The molecule has 1 aliphatic heterocycles. The minimum Gasteiger partial charge on any atom is -0.497 e. The molecule has 19 heavy (non-hydrogen) atoms. The molecule has 0 amide bonds. The first-order valence-corrected chi connectivity index (χ1v) is 6.80. The van der Waals surface area contributed by atoms with Crippen molar-refractivity contribution in [3.63, 3.8) is 0 Å². The maximum atomic E-state index is 5.84. The molecule has 2 rings (SSSR count). The molecule has 102 valence electrons. The molecular weight excluding hydrogens is 264 g/mol. The number of alkyl halides is 1. The molecule has 1 aromatic carbocycles. The Bertz CT molecular complexity index is 470. The quantitative estimate of drug-likeness (QED) is 0.627. The Balaban J connectivity index is 2.08. The molecule has 0 saturated carbocycles. The first-order chi connectivity index (χ1) is 9.33. The first-order valence-electron chi connectivity index (χ1n) is 6.27. The molecule has 1 unspecified atom stereocenters. The van der Waals surface area contributed by atoms with Crippen molar-refractivity contribution in [2.45, 2.75) is 6.42 Å². The zero-order valence-electron chi connectivity index (χ0n) is 10.9. The van der Waals surface area contributed by atoms with Crippen molar-refractivity contribution in [2.75, 3.05) is 32.8 Å². The highest BCUT2D eigenvalue weighted by Crippen LogP contribution is 2.24. The lowest BCUT2D eigenvalue weighted by atomic mass is 10.1. The molecule has 3 nitrogen and oxygen atoms in total. The van der Waals surface area contributed by atoms with E-state index >= 15 is 0 Å². The van der Waals surface area contributed by atoms with Crippen molar-refractivity contribution in [3.05, 3.63) is 23.8 Å². The Morgan fingerprint density at radius 1 is 1.47 bits per heavy atom. The van der Waals surface area contributed by atoms with Gasteiger partial charge >= 0.3 is 0 Å². The summed E-state index contributed by atoms with van der Waals surface area (Å²) in [5.74, 6) is 8.13. The molecule has 1 saturated heterocycles. The van der Waals surface area contributed by atoms with Gasteiger partial charge in [0.2, 0.25) is 0 Å². The largest absolute Gasteiger partial charge is 0.497 e. The summed E-state index contributed by atoms with van der Waals surface area (Å²) in [7, 11) is 1.63. The van der Waals surface area contributed by atoms with Crippen molar-refractivity contribution in [1.82, 2.24) is 0 Å². The van der Waals surface area contributed by atoms with Gasteiger partial charge in [-0.15, -0.1) is 11.6 Å². The Kier molecular flexibility index (Phi) is 5.38. The molecule has 1 heterocycles. The van der Waals surface area contributed by atoms with Gasteiger partial charge in [0.05, 0.1) is 31.8 Å². The molecule has 0 aliphatic carbocycles. The van der Waals surface area contributed by atoms with Crippen LogP contribution in [0.25, 0.3) is 0 Å². The SMILES string of the molecule is COc1ccc(OCC2CCOC2)c(C#CCCl)c1. The highest BCUT2D eigenvalue weighted by molar-refractivity contribution is 6.19. The minimum absolute atomic E-state index is 0.299. The van der Waals surface area contributed by atoms with Crippen LogP contribution in [0.4, 0.5) is 0 Å². The first kappa shape index (κ1) is 14.0. The van der Waals surface area contributed by atoms with Gasteiger partial charge in [-0.2, -0.15) is 0 Å². The van der Waals surface area contributed by atoms with Crippen LogP contribution in [-0.2, 0) is 4.74 Å². The monoisotopic (exact) mass is 280 g/mol. The Labute approximate surface area is 118 Å². The third kappa shape index (κ3) is 4.05. The van der Waals surface area contributed by atoms with Gasteiger partial charge in [0.1, 0.15) is 11.5 Å². The normalized spacial score (nSPS) is 17.7. The van der Waals surface area contributed by atoms with E-state index in [0.29, 0.717) is 18.4 Å². The molecular formula is C15H17ClO3. The fraction of sp³-hybridized carbons (Fsp3) is 0.467. The van der Waals surface area contributed by atoms with Crippen LogP contribution in [0.5, 0.6) is 11.5 Å². The molecule has 1 aliphatic rings. The highest BCUT2D eigenvalue weighted by atomic mass is 35.5. The third-order valence-corrected chi connectivity index (χ3v) is 3.11. The number of hydrogen-bond donors (Lipinski definition) is 0. The van der Waals surface area contributed by atoms with E-state index in [1.54, 1.807) is 7.11 Å². The van der Waals surface area contributed by atoms with E-state index in [2.05, 4.69) is 11.8 Å². The summed E-state index contributed by atoms with van der Waals surface area (Å²) in [4.78, 5) is 0. The zero-order valence-corrected chi connectivity index (χ0v) is 11.7. The fourth-order valence-electron chi connectivity index (χ4n) is 1.91. The smallest absolute Gasteiger partial charge is 0.135 e. The summed E-state index contributed by atoms with van der Waals surface area (Å²) in [6.07, 6.45) is 1.05. The van der Waals surface area contributed by atoms with Crippen LogP contribution in [0.15, 0.2) is 18.2 Å². The average molecular weight is 281 g/mol. The van der Waals surface area contributed by atoms with Crippen LogP contribution in [0, 0.1) is 17.8 Å². The van der Waals surface area contributed by atoms with Gasteiger partial charge in [0.15, 0.2) is 0 Å². The number of halogens is 1. The van der Waals surface area contributed by atoms with E-state index in [4.69, 9.17) is 25.8 Å². The maximum absolute atomic E-state index is 5.84. The summed E-state index contributed by atoms with van der Waals surface area (Å²) >= 11 is 5.60. The minimum atomic E-state index is 0.299. The van der Waals surface area contributed by atoms with E-state index in [1.807, 2.05) is 18.2 Å². The molecule has 0 spiro atoms. The van der Waals surface area contributed by atoms with Crippen LogP contribution >= 0.6 is 11.6 Å². The molecule has 1 fully saturated rings. The Morgan fingerprint density at radius 2 is 2.37 bits per heavy atom. The standard InChI is InChI=1S/C15H17ClO3/c1-17-14-4-5-15(13(9-14)3-2-7-16)19-11-12-6-8-18-10-12/h4-5,9,12H,6-8,10-11H2,1H3. The van der Waals surface area contributed by atoms with E-state index in [1.165, 1.54) is 0 Å². The number of ether oxygens (including phenoxy) is 3. The predicted octanol–water partition coefficient (Wildman–Crippen LogP) is 2.70. The third-order valence-electron chi connectivity index (χ3n) is 2.98. The number of rotatable bonds is 4. The summed E-state index contributed by atoms with van der Waals surface area (Å²) in [5.41, 5.74) is 0.805. The topological polar surface area (TPSA) is 27.7 Å². The lowest BCUT2D eigenvalue weighted by Gasteiger charge is -2.12. The van der Waals surface area contributed by atoms with E-state index in [9.17, 15) is 0 Å². The molecule has 4 heteroatoms. The Morgan fingerprint density at radius 3 is 3.05 bits per heavy atom. The van der Waals surface area contributed by atoms with Gasteiger partial charge in [0.25, 0.3) is 0 Å². The average Bonchev–Trinajstić information content (AvgIpc) is 2.96. The molecule has 0 radical (unpaired) electrons. The van der Waals surface area contributed by atoms with Crippen LogP contribution in [-0.4, -0.2) is 32.8 Å². The Hall–Kier alpha value is -1.37. The summed E-state index contributed by atoms with van der Waals surface area (Å²) in [5, 5.41) is 0. The number of benzene rings is 1. The van der Waals surface area contributed by atoms with Gasteiger partial charge in [0, 0.05) is 12.5 Å². The van der Waals surface area contributed by atoms with Crippen molar-refractivity contribution < 1.29 is 14.2 Å². The summed E-state index contributed by atoms with van der Waals surface area (Å²) in [6, 6.07) is 5.61. The molecule has 1 atom stereocenters.